The van der Waals surface area contributed by atoms with E-state index in [1.165, 1.54) is 5.56 Å². The van der Waals surface area contributed by atoms with Crippen molar-refractivity contribution in [2.24, 2.45) is 5.73 Å². The number of benzene rings is 1. The zero-order chi connectivity index (χ0) is 15.8. The first-order valence-electron chi connectivity index (χ1n) is 7.89. The highest BCUT2D eigenvalue weighted by molar-refractivity contribution is 5.85. The van der Waals surface area contributed by atoms with Crippen LogP contribution in [-0.4, -0.2) is 56.4 Å². The highest BCUT2D eigenvalue weighted by Gasteiger charge is 2.26. The molecule has 0 spiro atoms. The number of rotatable bonds is 7. The van der Waals surface area contributed by atoms with Crippen molar-refractivity contribution >= 4 is 18.3 Å². The standard InChI is InChI=1S/C17H26N2O3.ClH/c1-21-13-16(18)17(20)19-10-7-15(8-11-19)22-12-9-14-5-3-2-4-6-14;/h2-6,15-16H,7-13,18H2,1H3;1H. The van der Waals surface area contributed by atoms with Crippen molar-refractivity contribution in [2.75, 3.05) is 33.4 Å². The average Bonchev–Trinajstić information content (AvgIpc) is 2.56. The van der Waals surface area contributed by atoms with E-state index in [-0.39, 0.29) is 31.0 Å². The summed E-state index contributed by atoms with van der Waals surface area (Å²) in [5.41, 5.74) is 7.08. The first kappa shape index (κ1) is 19.9. The minimum Gasteiger partial charge on any atom is -0.383 e. The van der Waals surface area contributed by atoms with Crippen LogP contribution < -0.4 is 5.73 Å². The van der Waals surface area contributed by atoms with Crippen LogP contribution in [0, 0.1) is 0 Å². The van der Waals surface area contributed by atoms with Gasteiger partial charge in [0, 0.05) is 20.2 Å². The Bertz CT molecular complexity index is 450. The molecular formula is C17H27ClN2O3. The number of methoxy groups -OCH3 is 1. The molecule has 1 aromatic carbocycles. The number of halogens is 1. The van der Waals surface area contributed by atoms with E-state index in [4.69, 9.17) is 15.2 Å². The molecule has 0 radical (unpaired) electrons. The van der Waals surface area contributed by atoms with Gasteiger partial charge in [0.25, 0.3) is 0 Å². The number of hydrogen-bond acceptors (Lipinski definition) is 4. The maximum atomic E-state index is 12.1. The second-order valence-corrected chi connectivity index (χ2v) is 5.69. The minimum atomic E-state index is -0.555. The number of nitrogens with zero attached hydrogens (tertiary/aromatic N) is 1. The summed E-state index contributed by atoms with van der Waals surface area (Å²) >= 11 is 0. The molecule has 5 nitrogen and oxygen atoms in total. The fourth-order valence-electron chi connectivity index (χ4n) is 2.72. The molecule has 2 rings (SSSR count). The van der Waals surface area contributed by atoms with Crippen LogP contribution in [0.2, 0.25) is 0 Å². The fraction of sp³-hybridized carbons (Fsp3) is 0.588. The molecule has 1 aliphatic rings. The molecule has 2 N–H and O–H groups in total. The third-order valence-corrected chi connectivity index (χ3v) is 4.00. The molecule has 0 saturated carbocycles. The van der Waals surface area contributed by atoms with Crippen molar-refractivity contribution in [1.29, 1.82) is 0 Å². The van der Waals surface area contributed by atoms with E-state index in [1.807, 2.05) is 23.1 Å². The van der Waals surface area contributed by atoms with Crippen molar-refractivity contribution in [3.05, 3.63) is 35.9 Å². The summed E-state index contributed by atoms with van der Waals surface area (Å²) in [6.45, 7) is 2.43. The number of hydrogen-bond donors (Lipinski definition) is 1. The lowest BCUT2D eigenvalue weighted by atomic mass is 10.1. The van der Waals surface area contributed by atoms with Gasteiger partial charge in [0.05, 0.1) is 19.3 Å². The van der Waals surface area contributed by atoms with Crippen LogP contribution >= 0.6 is 12.4 Å². The maximum absolute atomic E-state index is 12.1. The first-order valence-corrected chi connectivity index (χ1v) is 7.89. The highest BCUT2D eigenvalue weighted by atomic mass is 35.5. The van der Waals surface area contributed by atoms with Crippen molar-refractivity contribution in [2.45, 2.75) is 31.4 Å². The molecule has 1 aliphatic heterocycles. The van der Waals surface area contributed by atoms with Crippen LogP contribution in [0.15, 0.2) is 30.3 Å². The van der Waals surface area contributed by atoms with Gasteiger partial charge in [0.2, 0.25) is 5.91 Å². The van der Waals surface area contributed by atoms with Crippen LogP contribution in [-0.2, 0) is 20.7 Å². The molecule has 0 aliphatic carbocycles. The van der Waals surface area contributed by atoms with Crippen LogP contribution in [0.3, 0.4) is 0 Å². The summed E-state index contributed by atoms with van der Waals surface area (Å²) in [5.74, 6) is -0.0235. The van der Waals surface area contributed by atoms with Gasteiger partial charge in [-0.3, -0.25) is 4.79 Å². The van der Waals surface area contributed by atoms with Crippen molar-refractivity contribution in [3.8, 4) is 0 Å². The molecule has 1 saturated heterocycles. The molecule has 130 valence electrons. The summed E-state index contributed by atoms with van der Waals surface area (Å²) in [5, 5.41) is 0. The monoisotopic (exact) mass is 342 g/mol. The Labute approximate surface area is 144 Å². The number of likely N-dealkylation sites (tertiary alicyclic amines) is 1. The molecule has 23 heavy (non-hydrogen) atoms. The lowest BCUT2D eigenvalue weighted by Gasteiger charge is -2.33. The summed E-state index contributed by atoms with van der Waals surface area (Å²) < 4.78 is 10.9. The number of carbonyl (C=O) groups is 1. The molecule has 1 amide bonds. The van der Waals surface area contributed by atoms with Gasteiger partial charge >= 0.3 is 0 Å². The predicted octanol–water partition coefficient (Wildman–Crippen LogP) is 1.63. The quantitative estimate of drug-likeness (QED) is 0.818. The number of piperidine rings is 1. The zero-order valence-electron chi connectivity index (χ0n) is 13.6. The van der Waals surface area contributed by atoms with Crippen LogP contribution in [0.5, 0.6) is 0 Å². The lowest BCUT2D eigenvalue weighted by molar-refractivity contribution is -0.136. The van der Waals surface area contributed by atoms with Gasteiger partial charge in [0.15, 0.2) is 0 Å². The Morgan fingerprint density at radius 1 is 1.30 bits per heavy atom. The van der Waals surface area contributed by atoms with E-state index >= 15 is 0 Å². The van der Waals surface area contributed by atoms with Crippen LogP contribution in [0.1, 0.15) is 18.4 Å². The van der Waals surface area contributed by atoms with Gasteiger partial charge in [-0.25, -0.2) is 0 Å². The van der Waals surface area contributed by atoms with E-state index in [0.29, 0.717) is 13.1 Å². The number of ether oxygens (including phenoxy) is 2. The lowest BCUT2D eigenvalue weighted by Crippen LogP contribution is -2.49. The first-order chi connectivity index (χ1) is 10.7. The molecular weight excluding hydrogens is 316 g/mol. The molecule has 6 heteroatoms. The predicted molar refractivity (Wildman–Crippen MR) is 92.8 cm³/mol. The Kier molecular flexibility index (Phi) is 9.17. The Morgan fingerprint density at radius 2 is 1.96 bits per heavy atom. The van der Waals surface area contributed by atoms with Gasteiger partial charge in [-0.05, 0) is 24.8 Å². The molecule has 1 aromatic rings. The smallest absolute Gasteiger partial charge is 0.241 e. The van der Waals surface area contributed by atoms with E-state index in [2.05, 4.69) is 12.1 Å². The van der Waals surface area contributed by atoms with E-state index in [1.54, 1.807) is 7.11 Å². The number of nitrogens with two attached hydrogens (primary N) is 1. The Balaban J connectivity index is 0.00000264. The van der Waals surface area contributed by atoms with Crippen molar-refractivity contribution in [3.63, 3.8) is 0 Å². The largest absolute Gasteiger partial charge is 0.383 e. The van der Waals surface area contributed by atoms with E-state index in [9.17, 15) is 4.79 Å². The summed E-state index contributed by atoms with van der Waals surface area (Å²) in [6.07, 6.45) is 2.92. The molecule has 0 bridgehead atoms. The van der Waals surface area contributed by atoms with E-state index in [0.717, 1.165) is 25.9 Å². The molecule has 1 heterocycles. The highest BCUT2D eigenvalue weighted by Crippen LogP contribution is 2.15. The third kappa shape index (κ3) is 6.47. The molecule has 0 aromatic heterocycles. The molecule has 1 unspecified atom stereocenters. The van der Waals surface area contributed by atoms with Crippen LogP contribution in [0.4, 0.5) is 0 Å². The normalized spacial score (nSPS) is 16.7. The van der Waals surface area contributed by atoms with Gasteiger partial charge in [-0.15, -0.1) is 12.4 Å². The Morgan fingerprint density at radius 3 is 2.57 bits per heavy atom. The number of amides is 1. The SMILES string of the molecule is COCC(N)C(=O)N1CCC(OCCc2ccccc2)CC1.Cl. The Hall–Kier alpha value is -1.14. The fourth-order valence-corrected chi connectivity index (χ4v) is 2.72. The summed E-state index contributed by atoms with van der Waals surface area (Å²) in [4.78, 5) is 13.9. The van der Waals surface area contributed by atoms with Gasteiger partial charge in [-0.1, -0.05) is 30.3 Å². The second kappa shape index (κ2) is 10.6. The zero-order valence-corrected chi connectivity index (χ0v) is 14.5. The van der Waals surface area contributed by atoms with Gasteiger partial charge in [0.1, 0.15) is 6.04 Å². The topological polar surface area (TPSA) is 64.8 Å². The average molecular weight is 343 g/mol. The third-order valence-electron chi connectivity index (χ3n) is 4.00. The summed E-state index contributed by atoms with van der Waals surface area (Å²) in [6, 6.07) is 9.78. The van der Waals surface area contributed by atoms with E-state index < -0.39 is 6.04 Å². The number of carbonyl (C=O) groups excluding carboxylic acids is 1. The van der Waals surface area contributed by atoms with Crippen molar-refractivity contribution < 1.29 is 14.3 Å². The molecule has 1 fully saturated rings. The molecule has 1 atom stereocenters. The van der Waals surface area contributed by atoms with Gasteiger partial charge < -0.3 is 20.1 Å². The minimum absolute atomic E-state index is 0. The second-order valence-electron chi connectivity index (χ2n) is 5.69. The van der Waals surface area contributed by atoms with Gasteiger partial charge in [-0.2, -0.15) is 0 Å². The van der Waals surface area contributed by atoms with Crippen LogP contribution in [0.25, 0.3) is 0 Å². The summed E-state index contributed by atoms with van der Waals surface area (Å²) in [7, 11) is 1.56. The maximum Gasteiger partial charge on any atom is 0.241 e. The van der Waals surface area contributed by atoms with Crippen molar-refractivity contribution in [1.82, 2.24) is 4.90 Å².